The summed E-state index contributed by atoms with van der Waals surface area (Å²) in [4.78, 5) is 10.1. The fourth-order valence-corrected chi connectivity index (χ4v) is 4.72. The van der Waals surface area contributed by atoms with Crippen molar-refractivity contribution < 1.29 is 4.74 Å². The summed E-state index contributed by atoms with van der Waals surface area (Å²) in [6.07, 6.45) is 3.91. The van der Waals surface area contributed by atoms with Gasteiger partial charge in [-0.05, 0) is 51.8 Å². The number of piperidine rings is 1. The molecule has 1 aromatic carbocycles. The maximum absolute atomic E-state index is 6.36. The first kappa shape index (κ1) is 21.9. The normalized spacial score (nSPS) is 15.4. The molecular formula is C23H32N6OS. The number of nitrogens with one attached hydrogen (secondary N) is 3. The lowest BCUT2D eigenvalue weighted by atomic mass is 9.99. The van der Waals surface area contributed by atoms with Gasteiger partial charge in [0.1, 0.15) is 17.9 Å². The highest BCUT2D eigenvalue weighted by molar-refractivity contribution is 8.00. The highest BCUT2D eigenvalue weighted by Gasteiger charge is 2.20. The number of thioether (sulfide) groups is 1. The van der Waals surface area contributed by atoms with Crippen LogP contribution in [-0.4, -0.2) is 44.6 Å². The first-order valence-electron chi connectivity index (χ1n) is 10.9. The Kier molecular flexibility index (Phi) is 6.39. The summed E-state index contributed by atoms with van der Waals surface area (Å²) in [6.45, 7) is 13.6. The van der Waals surface area contributed by atoms with Crippen LogP contribution in [0.2, 0.25) is 0 Å². The number of aromatic nitrogens is 4. The number of hydrogen-bond acceptors (Lipinski definition) is 7. The van der Waals surface area contributed by atoms with Gasteiger partial charge < -0.3 is 15.4 Å². The molecule has 0 bridgehead atoms. The Morgan fingerprint density at radius 1 is 1.13 bits per heavy atom. The average molecular weight is 441 g/mol. The molecule has 0 radical (unpaired) electrons. The largest absolute Gasteiger partial charge is 0.492 e. The lowest BCUT2D eigenvalue weighted by molar-refractivity contribution is 0.211. The van der Waals surface area contributed by atoms with Gasteiger partial charge in [0.2, 0.25) is 0 Å². The summed E-state index contributed by atoms with van der Waals surface area (Å²) in [7, 11) is 0. The maximum atomic E-state index is 6.36. The molecule has 0 saturated carbocycles. The summed E-state index contributed by atoms with van der Waals surface area (Å²) in [5, 5.41) is 15.1. The quantitative estimate of drug-likeness (QED) is 0.466. The first-order valence-corrected chi connectivity index (χ1v) is 11.7. The topological polar surface area (TPSA) is 87.8 Å². The van der Waals surface area contributed by atoms with Gasteiger partial charge in [-0.1, -0.05) is 20.8 Å². The van der Waals surface area contributed by atoms with Crippen LogP contribution >= 0.6 is 11.8 Å². The number of hydrogen-bond donors (Lipinski definition) is 3. The second-order valence-corrected chi connectivity index (χ2v) is 11.1. The Morgan fingerprint density at radius 2 is 1.90 bits per heavy atom. The fraction of sp³-hybridized carbons (Fsp3) is 0.522. The van der Waals surface area contributed by atoms with Crippen LogP contribution in [0.25, 0.3) is 10.9 Å². The van der Waals surface area contributed by atoms with Crippen LogP contribution in [0.3, 0.4) is 0 Å². The van der Waals surface area contributed by atoms with Crippen molar-refractivity contribution in [3.05, 3.63) is 29.7 Å². The van der Waals surface area contributed by atoms with E-state index >= 15 is 0 Å². The predicted octanol–water partition coefficient (Wildman–Crippen LogP) is 4.98. The number of H-pyrrole nitrogens is 1. The van der Waals surface area contributed by atoms with Gasteiger partial charge in [-0.15, -0.1) is 11.8 Å². The number of nitrogens with zero attached hydrogens (tertiary/aromatic N) is 3. The number of benzene rings is 1. The van der Waals surface area contributed by atoms with Gasteiger partial charge in [0.05, 0.1) is 17.0 Å². The number of rotatable bonds is 6. The smallest absolute Gasteiger partial charge is 0.156 e. The minimum absolute atomic E-state index is 0.0552. The molecule has 0 unspecified atom stereocenters. The first-order chi connectivity index (χ1) is 14.8. The highest BCUT2D eigenvalue weighted by Crippen LogP contribution is 2.41. The van der Waals surface area contributed by atoms with Crippen LogP contribution in [0.5, 0.6) is 5.75 Å². The molecule has 3 aromatic rings. The molecule has 0 aliphatic carbocycles. The van der Waals surface area contributed by atoms with Crippen molar-refractivity contribution in [2.75, 3.05) is 25.0 Å². The number of fused-ring (bicyclic) bond motifs is 1. The van der Waals surface area contributed by atoms with E-state index in [-0.39, 0.29) is 4.75 Å². The monoisotopic (exact) mass is 440 g/mol. The van der Waals surface area contributed by atoms with E-state index in [1.807, 2.05) is 25.6 Å². The number of ether oxygens (including phenoxy) is 1. The van der Waals surface area contributed by atoms with Gasteiger partial charge >= 0.3 is 0 Å². The van der Waals surface area contributed by atoms with E-state index in [2.05, 4.69) is 63.7 Å². The van der Waals surface area contributed by atoms with Crippen LogP contribution in [-0.2, 0) is 0 Å². The van der Waals surface area contributed by atoms with Gasteiger partial charge in [-0.25, -0.2) is 9.97 Å². The van der Waals surface area contributed by atoms with Gasteiger partial charge in [0.25, 0.3) is 0 Å². The molecule has 3 heterocycles. The second-order valence-electron chi connectivity index (χ2n) is 9.20. The van der Waals surface area contributed by atoms with Crippen molar-refractivity contribution >= 4 is 34.3 Å². The van der Waals surface area contributed by atoms with E-state index < -0.39 is 0 Å². The zero-order valence-electron chi connectivity index (χ0n) is 19.0. The second kappa shape index (κ2) is 9.04. The van der Waals surface area contributed by atoms with Crippen molar-refractivity contribution in [1.29, 1.82) is 0 Å². The fourth-order valence-electron chi connectivity index (χ4n) is 3.66. The van der Waals surface area contributed by atoms with E-state index in [0.29, 0.717) is 5.92 Å². The molecule has 7 nitrogen and oxygen atoms in total. The van der Waals surface area contributed by atoms with Crippen LogP contribution < -0.4 is 15.4 Å². The molecule has 4 rings (SSSR count). The molecule has 2 aromatic heterocycles. The van der Waals surface area contributed by atoms with Crippen LogP contribution in [0, 0.1) is 19.8 Å². The number of aryl methyl sites for hydroxylation is 1. The number of anilines is 2. The molecule has 31 heavy (non-hydrogen) atoms. The minimum atomic E-state index is 0.0552. The third-order valence-corrected chi connectivity index (χ3v) is 6.69. The van der Waals surface area contributed by atoms with Crippen molar-refractivity contribution in [3.8, 4) is 5.75 Å². The van der Waals surface area contributed by atoms with E-state index in [1.54, 1.807) is 6.33 Å². The molecule has 3 N–H and O–H groups in total. The summed E-state index contributed by atoms with van der Waals surface area (Å²) >= 11 is 1.81. The molecule has 166 valence electrons. The molecule has 1 aliphatic rings. The van der Waals surface area contributed by atoms with Crippen molar-refractivity contribution in [3.63, 3.8) is 0 Å². The van der Waals surface area contributed by atoms with Crippen LogP contribution in [0.15, 0.2) is 23.4 Å². The van der Waals surface area contributed by atoms with Crippen LogP contribution in [0.1, 0.15) is 44.9 Å². The molecule has 1 fully saturated rings. The van der Waals surface area contributed by atoms with Gasteiger partial charge in [-0.2, -0.15) is 5.10 Å². The van der Waals surface area contributed by atoms with E-state index in [1.165, 1.54) is 0 Å². The Labute approximate surface area is 188 Å². The zero-order valence-corrected chi connectivity index (χ0v) is 19.8. The van der Waals surface area contributed by atoms with E-state index in [9.17, 15) is 0 Å². The summed E-state index contributed by atoms with van der Waals surface area (Å²) in [5.41, 5.74) is 2.98. The predicted molar refractivity (Wildman–Crippen MR) is 128 cm³/mol. The summed E-state index contributed by atoms with van der Waals surface area (Å²) in [6, 6.07) is 4.21. The lowest BCUT2D eigenvalue weighted by Crippen LogP contribution is -2.30. The molecule has 1 saturated heterocycles. The summed E-state index contributed by atoms with van der Waals surface area (Å²) in [5.74, 6) is 3.04. The van der Waals surface area contributed by atoms with Crippen molar-refractivity contribution in [1.82, 2.24) is 25.5 Å². The molecular weight excluding hydrogens is 408 g/mol. The minimum Gasteiger partial charge on any atom is -0.492 e. The van der Waals surface area contributed by atoms with Crippen molar-refractivity contribution in [2.24, 2.45) is 5.92 Å². The number of aromatic amines is 1. The lowest BCUT2D eigenvalue weighted by Gasteiger charge is -2.25. The summed E-state index contributed by atoms with van der Waals surface area (Å²) < 4.78 is 6.42. The Bertz CT molecular complexity index is 1050. The molecule has 0 atom stereocenters. The Morgan fingerprint density at radius 3 is 2.58 bits per heavy atom. The highest BCUT2D eigenvalue weighted by atomic mass is 32.2. The third-order valence-electron chi connectivity index (χ3n) is 5.54. The zero-order chi connectivity index (χ0) is 22.0. The van der Waals surface area contributed by atoms with Crippen LogP contribution in [0.4, 0.5) is 11.6 Å². The average Bonchev–Trinajstić information content (AvgIpc) is 3.04. The standard InChI is InChI=1S/C23H32N6OS/c1-14-15(2)28-29-21(14)27-22-17-10-20(31-23(3,4)5)19(11-18(17)25-13-26-22)30-12-16-6-8-24-9-7-16/h10-11,13,16,24H,6-9,12H2,1-5H3,(H2,25,26,27,28,29). The van der Waals surface area contributed by atoms with Gasteiger partial charge in [0, 0.05) is 27.5 Å². The third kappa shape index (κ3) is 5.30. The van der Waals surface area contributed by atoms with E-state index in [0.717, 1.165) is 77.0 Å². The molecule has 0 amide bonds. The van der Waals surface area contributed by atoms with Gasteiger partial charge in [0.15, 0.2) is 5.82 Å². The van der Waals surface area contributed by atoms with Crippen molar-refractivity contribution in [2.45, 2.75) is 57.1 Å². The van der Waals surface area contributed by atoms with Gasteiger partial charge in [-0.3, -0.25) is 5.10 Å². The molecule has 8 heteroatoms. The molecule has 1 aliphatic heterocycles. The Hall–Kier alpha value is -2.32. The van der Waals surface area contributed by atoms with E-state index in [4.69, 9.17) is 4.74 Å². The Balaban J connectivity index is 1.68. The molecule has 0 spiro atoms. The SMILES string of the molecule is Cc1[nH]nc(Nc2ncnc3cc(OCC4CCNCC4)c(SC(C)(C)C)cc23)c1C. The maximum Gasteiger partial charge on any atom is 0.156 e.